The van der Waals surface area contributed by atoms with Crippen molar-refractivity contribution in [3.8, 4) is 0 Å². The van der Waals surface area contributed by atoms with Crippen LogP contribution in [0.5, 0.6) is 0 Å². The van der Waals surface area contributed by atoms with E-state index in [1.54, 1.807) is 36.5 Å². The fourth-order valence-electron chi connectivity index (χ4n) is 2.31. The predicted molar refractivity (Wildman–Crippen MR) is 138 cm³/mol. The maximum Gasteiger partial charge on any atom is 0.169 e. The minimum absolute atomic E-state index is 0.149. The Balaban J connectivity index is 0.000000450. The Morgan fingerprint density at radius 2 is 0.867 bits per heavy atom. The van der Waals surface area contributed by atoms with E-state index in [-0.39, 0.29) is 11.6 Å². The molecule has 0 amide bonds. The molecule has 2 aromatic heterocycles. The van der Waals surface area contributed by atoms with Crippen LogP contribution in [0.4, 0.5) is 0 Å². The smallest absolute Gasteiger partial charge is 0.169 e. The van der Waals surface area contributed by atoms with Crippen LogP contribution in [0.1, 0.15) is 74.7 Å². The van der Waals surface area contributed by atoms with E-state index in [1.807, 2.05) is 102 Å². The highest BCUT2D eigenvalue weighted by molar-refractivity contribution is 7.21. The molecule has 0 aliphatic heterocycles. The third-order valence-electron chi connectivity index (χ3n) is 3.55. The van der Waals surface area contributed by atoms with Gasteiger partial charge < -0.3 is 0 Å². The Morgan fingerprint density at radius 1 is 0.567 bits per heavy atom. The molecule has 0 unspecified atom stereocenters. The SMILES string of the molecule is CC.CC.CC.CC(=O)c1cc2ccccc2s1.CC(=O)c1cc2ccccc2s1. The van der Waals surface area contributed by atoms with E-state index >= 15 is 0 Å². The van der Waals surface area contributed by atoms with Crippen LogP contribution in [0.2, 0.25) is 0 Å². The Bertz CT molecular complexity index is 876. The molecule has 4 aromatic rings. The predicted octanol–water partition coefficient (Wildman–Crippen LogP) is 9.29. The summed E-state index contributed by atoms with van der Waals surface area (Å²) >= 11 is 3.11. The summed E-state index contributed by atoms with van der Waals surface area (Å²) in [5.41, 5.74) is 0. The minimum Gasteiger partial charge on any atom is -0.294 e. The number of Topliss-reactive ketones (excluding diaryl/α,β-unsaturated/α-hetero) is 2. The molecule has 2 nitrogen and oxygen atoms in total. The minimum atomic E-state index is 0.149. The monoisotopic (exact) mass is 442 g/mol. The van der Waals surface area contributed by atoms with Gasteiger partial charge >= 0.3 is 0 Å². The first kappa shape index (κ1) is 27.7. The molecule has 0 aliphatic rings. The molecular formula is C26H34O2S2. The van der Waals surface area contributed by atoms with Gasteiger partial charge in [0.25, 0.3) is 0 Å². The molecule has 0 saturated heterocycles. The third kappa shape index (κ3) is 8.21. The quantitative estimate of drug-likeness (QED) is 0.290. The highest BCUT2D eigenvalue weighted by Crippen LogP contribution is 2.26. The van der Waals surface area contributed by atoms with Gasteiger partial charge in [0.15, 0.2) is 11.6 Å². The molecule has 0 atom stereocenters. The molecule has 0 radical (unpaired) electrons. The van der Waals surface area contributed by atoms with Gasteiger partial charge in [-0.2, -0.15) is 0 Å². The number of benzene rings is 2. The van der Waals surface area contributed by atoms with Gasteiger partial charge in [-0.15, -0.1) is 22.7 Å². The van der Waals surface area contributed by atoms with Crippen molar-refractivity contribution in [1.29, 1.82) is 0 Å². The first-order valence-electron chi connectivity index (χ1n) is 10.5. The van der Waals surface area contributed by atoms with Crippen molar-refractivity contribution in [2.24, 2.45) is 0 Å². The second-order valence-electron chi connectivity index (χ2n) is 5.41. The summed E-state index contributed by atoms with van der Waals surface area (Å²) in [7, 11) is 0. The number of ketones is 2. The molecule has 0 aliphatic carbocycles. The lowest BCUT2D eigenvalue weighted by Gasteiger charge is -1.82. The normalized spacial score (nSPS) is 8.93. The van der Waals surface area contributed by atoms with Gasteiger partial charge in [-0.3, -0.25) is 9.59 Å². The zero-order valence-corrected chi connectivity index (χ0v) is 21.0. The second kappa shape index (κ2) is 15.5. The number of carbonyl (C=O) groups excluding carboxylic acids is 2. The highest BCUT2D eigenvalue weighted by Gasteiger charge is 2.04. The van der Waals surface area contributed by atoms with E-state index in [0.717, 1.165) is 20.5 Å². The Labute approximate surface area is 189 Å². The van der Waals surface area contributed by atoms with Crippen molar-refractivity contribution in [2.45, 2.75) is 55.4 Å². The Hall–Kier alpha value is -2.30. The van der Waals surface area contributed by atoms with E-state index in [9.17, 15) is 9.59 Å². The summed E-state index contributed by atoms with van der Waals surface area (Å²) in [5.74, 6) is 0.299. The third-order valence-corrected chi connectivity index (χ3v) is 5.98. The van der Waals surface area contributed by atoms with Crippen LogP contribution in [0.25, 0.3) is 20.2 Å². The lowest BCUT2D eigenvalue weighted by molar-refractivity contribution is 0.101. The molecule has 0 saturated carbocycles. The number of carbonyl (C=O) groups is 2. The zero-order valence-electron chi connectivity index (χ0n) is 19.4. The maximum absolute atomic E-state index is 11.0. The topological polar surface area (TPSA) is 34.1 Å². The molecule has 0 spiro atoms. The van der Waals surface area contributed by atoms with Crippen LogP contribution in [0, 0.1) is 0 Å². The lowest BCUT2D eigenvalue weighted by Crippen LogP contribution is -1.83. The van der Waals surface area contributed by atoms with Gasteiger partial charge in [0.1, 0.15) is 0 Å². The number of thiophene rings is 2. The van der Waals surface area contributed by atoms with Gasteiger partial charge in [-0.05, 0) is 48.9 Å². The van der Waals surface area contributed by atoms with Crippen molar-refractivity contribution >= 4 is 54.4 Å². The second-order valence-corrected chi connectivity index (χ2v) is 7.58. The largest absolute Gasteiger partial charge is 0.294 e. The number of rotatable bonds is 2. The molecular weight excluding hydrogens is 408 g/mol. The Morgan fingerprint density at radius 3 is 1.13 bits per heavy atom. The van der Waals surface area contributed by atoms with Gasteiger partial charge in [0.2, 0.25) is 0 Å². The zero-order chi connectivity index (χ0) is 23.1. The van der Waals surface area contributed by atoms with Crippen molar-refractivity contribution < 1.29 is 9.59 Å². The molecule has 0 fully saturated rings. The average Bonchev–Trinajstić information content (AvgIpc) is 3.43. The molecule has 30 heavy (non-hydrogen) atoms. The maximum atomic E-state index is 11.0. The summed E-state index contributed by atoms with van der Waals surface area (Å²) < 4.78 is 2.37. The van der Waals surface area contributed by atoms with E-state index < -0.39 is 0 Å². The van der Waals surface area contributed by atoms with Gasteiger partial charge in [-0.25, -0.2) is 0 Å². The van der Waals surface area contributed by atoms with Crippen molar-refractivity contribution in [2.75, 3.05) is 0 Å². The summed E-state index contributed by atoms with van der Waals surface area (Å²) in [6.45, 7) is 15.2. The van der Waals surface area contributed by atoms with Gasteiger partial charge in [-0.1, -0.05) is 77.9 Å². The molecule has 4 rings (SSSR count). The molecule has 0 bridgehead atoms. The van der Waals surface area contributed by atoms with Crippen molar-refractivity contribution in [3.05, 3.63) is 70.4 Å². The van der Waals surface area contributed by atoms with Gasteiger partial charge in [0.05, 0.1) is 9.75 Å². The summed E-state index contributed by atoms with van der Waals surface area (Å²) in [4.78, 5) is 23.7. The number of fused-ring (bicyclic) bond motifs is 2. The number of hydrogen-bond acceptors (Lipinski definition) is 4. The molecule has 4 heteroatoms. The van der Waals surface area contributed by atoms with Crippen molar-refractivity contribution in [3.63, 3.8) is 0 Å². The van der Waals surface area contributed by atoms with Crippen LogP contribution >= 0.6 is 22.7 Å². The van der Waals surface area contributed by atoms with Crippen LogP contribution in [0.15, 0.2) is 60.7 Å². The summed E-state index contributed by atoms with van der Waals surface area (Å²) in [5, 5.41) is 2.32. The molecule has 0 N–H and O–H groups in total. The Kier molecular flexibility index (Phi) is 14.3. The molecule has 162 valence electrons. The van der Waals surface area contributed by atoms with E-state index in [4.69, 9.17) is 0 Å². The van der Waals surface area contributed by atoms with Crippen LogP contribution < -0.4 is 0 Å². The average molecular weight is 443 g/mol. The van der Waals surface area contributed by atoms with E-state index in [2.05, 4.69) is 0 Å². The molecule has 2 heterocycles. The number of hydrogen-bond donors (Lipinski definition) is 0. The fourth-order valence-corrected chi connectivity index (χ4v) is 4.23. The summed E-state index contributed by atoms with van der Waals surface area (Å²) in [6, 6.07) is 20.0. The summed E-state index contributed by atoms with van der Waals surface area (Å²) in [6.07, 6.45) is 0. The van der Waals surface area contributed by atoms with Crippen LogP contribution in [0.3, 0.4) is 0 Å². The first-order valence-corrected chi connectivity index (χ1v) is 12.2. The molecule has 2 aromatic carbocycles. The highest BCUT2D eigenvalue weighted by atomic mass is 32.1. The standard InChI is InChI=1S/2C10H8OS.3C2H6/c2*1-7(11)10-6-8-4-2-3-5-9(8)12-10;3*1-2/h2*2-6H,1H3;3*1-2H3. The van der Waals surface area contributed by atoms with Crippen molar-refractivity contribution in [1.82, 2.24) is 0 Å². The van der Waals surface area contributed by atoms with Crippen LogP contribution in [-0.4, -0.2) is 11.6 Å². The lowest BCUT2D eigenvalue weighted by atomic mass is 10.2. The van der Waals surface area contributed by atoms with Gasteiger partial charge in [0, 0.05) is 9.40 Å². The first-order chi connectivity index (χ1) is 14.5. The van der Waals surface area contributed by atoms with E-state index in [0.29, 0.717) is 0 Å². The fraction of sp³-hybridized carbons (Fsp3) is 0.308. The van der Waals surface area contributed by atoms with E-state index in [1.165, 1.54) is 9.40 Å². The van der Waals surface area contributed by atoms with Crippen LogP contribution in [-0.2, 0) is 0 Å².